The first-order valence-electron chi connectivity index (χ1n) is 10.8. The number of hydrogen-bond acceptors (Lipinski definition) is 6. The molecule has 6 nitrogen and oxygen atoms in total. The normalized spacial score (nSPS) is 14.9. The van der Waals surface area contributed by atoms with Crippen LogP contribution in [0.1, 0.15) is 29.9 Å². The van der Waals surface area contributed by atoms with Gasteiger partial charge in [-0.1, -0.05) is 29.8 Å². The van der Waals surface area contributed by atoms with Crippen molar-refractivity contribution in [3.63, 3.8) is 0 Å². The summed E-state index contributed by atoms with van der Waals surface area (Å²) in [5.41, 5.74) is 4.34. The van der Waals surface area contributed by atoms with Gasteiger partial charge in [0.1, 0.15) is 12.2 Å². The standard InChI is InChI=1S/C24H29ClN5OP/c1-16-14-18(8-9-19(16)17-10-12-26-13-11-17)28-24-27-15-20(25)23(30-24)29-21-6-4-5-7-22(21)32(2,3)31/h4-9,14-15,17,26H,10-13H2,1-3H3,(H2,27,28,29,30). The Morgan fingerprint density at radius 3 is 2.56 bits per heavy atom. The molecule has 0 aliphatic carbocycles. The number of para-hydroxylation sites is 1. The van der Waals surface area contributed by atoms with Crippen LogP contribution in [-0.4, -0.2) is 36.4 Å². The highest BCUT2D eigenvalue weighted by Gasteiger charge is 2.18. The topological polar surface area (TPSA) is 78.9 Å². The molecule has 0 saturated carbocycles. The van der Waals surface area contributed by atoms with Crippen LogP contribution in [0.5, 0.6) is 0 Å². The Hall–Kier alpha value is -2.40. The molecule has 1 fully saturated rings. The van der Waals surface area contributed by atoms with E-state index < -0.39 is 7.14 Å². The SMILES string of the molecule is Cc1cc(Nc2ncc(Cl)c(Nc3ccccc3P(C)(C)=O)n2)ccc1C1CCNCC1. The summed E-state index contributed by atoms with van der Waals surface area (Å²) in [7, 11) is -2.47. The smallest absolute Gasteiger partial charge is 0.229 e. The maximum Gasteiger partial charge on any atom is 0.229 e. The molecule has 0 spiro atoms. The largest absolute Gasteiger partial charge is 0.338 e. The summed E-state index contributed by atoms with van der Waals surface area (Å²) in [5, 5.41) is 11.1. The zero-order chi connectivity index (χ0) is 22.7. The second kappa shape index (κ2) is 9.62. The summed E-state index contributed by atoms with van der Waals surface area (Å²) in [6, 6.07) is 13.9. The molecule has 0 amide bonds. The molecule has 0 bridgehead atoms. The van der Waals surface area contributed by atoms with Crippen LogP contribution in [0.25, 0.3) is 0 Å². The van der Waals surface area contributed by atoms with E-state index >= 15 is 0 Å². The quantitative estimate of drug-likeness (QED) is 0.405. The minimum atomic E-state index is -2.47. The summed E-state index contributed by atoms with van der Waals surface area (Å²) in [6.45, 7) is 7.80. The summed E-state index contributed by atoms with van der Waals surface area (Å²) in [4.78, 5) is 8.90. The van der Waals surface area contributed by atoms with Crippen molar-refractivity contribution in [2.45, 2.75) is 25.7 Å². The molecule has 4 rings (SSSR count). The van der Waals surface area contributed by atoms with Crippen LogP contribution in [0.15, 0.2) is 48.7 Å². The van der Waals surface area contributed by atoms with Crippen molar-refractivity contribution in [3.8, 4) is 0 Å². The predicted molar refractivity (Wildman–Crippen MR) is 135 cm³/mol. The average molecular weight is 470 g/mol. The molecule has 2 heterocycles. The first kappa shape index (κ1) is 22.8. The van der Waals surface area contributed by atoms with E-state index in [0.29, 0.717) is 22.7 Å². The van der Waals surface area contributed by atoms with Crippen molar-refractivity contribution >= 4 is 47.2 Å². The molecule has 0 atom stereocenters. The Morgan fingerprint density at radius 1 is 1.09 bits per heavy atom. The zero-order valence-electron chi connectivity index (χ0n) is 18.7. The monoisotopic (exact) mass is 469 g/mol. The molecule has 1 saturated heterocycles. The number of hydrogen-bond donors (Lipinski definition) is 3. The molecule has 3 N–H and O–H groups in total. The van der Waals surface area contributed by atoms with Crippen LogP contribution in [0, 0.1) is 6.92 Å². The van der Waals surface area contributed by atoms with Crippen LogP contribution >= 0.6 is 18.7 Å². The van der Waals surface area contributed by atoms with E-state index in [1.165, 1.54) is 24.0 Å². The van der Waals surface area contributed by atoms with Gasteiger partial charge in [0.2, 0.25) is 5.95 Å². The van der Waals surface area contributed by atoms with Crippen molar-refractivity contribution in [1.29, 1.82) is 0 Å². The van der Waals surface area contributed by atoms with E-state index in [0.717, 1.165) is 29.8 Å². The highest BCUT2D eigenvalue weighted by molar-refractivity contribution is 7.70. The third-order valence-electron chi connectivity index (χ3n) is 5.79. The van der Waals surface area contributed by atoms with E-state index in [9.17, 15) is 4.57 Å². The highest BCUT2D eigenvalue weighted by Crippen LogP contribution is 2.38. The van der Waals surface area contributed by atoms with Gasteiger partial charge in [0, 0.05) is 11.0 Å². The number of aryl methyl sites for hydroxylation is 1. The van der Waals surface area contributed by atoms with E-state index in [4.69, 9.17) is 11.6 Å². The summed E-state index contributed by atoms with van der Waals surface area (Å²) < 4.78 is 12.7. The number of rotatable bonds is 6. The van der Waals surface area contributed by atoms with Gasteiger partial charge in [0.05, 0.1) is 11.9 Å². The van der Waals surface area contributed by atoms with Crippen molar-refractivity contribution in [1.82, 2.24) is 15.3 Å². The van der Waals surface area contributed by atoms with E-state index in [1.807, 2.05) is 24.3 Å². The number of nitrogens with zero attached hydrogens (tertiary/aromatic N) is 2. The summed E-state index contributed by atoms with van der Waals surface area (Å²) in [6.07, 6.45) is 3.91. The van der Waals surface area contributed by atoms with Gasteiger partial charge in [0.15, 0.2) is 5.82 Å². The second-order valence-electron chi connectivity index (χ2n) is 8.60. The Kier molecular flexibility index (Phi) is 6.85. The summed E-state index contributed by atoms with van der Waals surface area (Å²) in [5.74, 6) is 1.52. The van der Waals surface area contributed by atoms with Crippen LogP contribution in [-0.2, 0) is 4.57 Å². The number of piperidine rings is 1. The lowest BCUT2D eigenvalue weighted by Gasteiger charge is -2.24. The third-order valence-corrected chi connectivity index (χ3v) is 7.61. The Bertz CT molecular complexity index is 1160. The minimum absolute atomic E-state index is 0.393. The molecule has 8 heteroatoms. The van der Waals surface area contributed by atoms with Gasteiger partial charge in [-0.3, -0.25) is 0 Å². The van der Waals surface area contributed by atoms with Gasteiger partial charge in [-0.05, 0) is 87.5 Å². The van der Waals surface area contributed by atoms with Crippen molar-refractivity contribution < 1.29 is 4.57 Å². The van der Waals surface area contributed by atoms with Crippen LogP contribution < -0.4 is 21.3 Å². The molecule has 3 aromatic rings. The van der Waals surface area contributed by atoms with Crippen molar-refractivity contribution in [2.24, 2.45) is 0 Å². The molecular formula is C24H29ClN5OP. The third kappa shape index (κ3) is 5.32. The summed E-state index contributed by atoms with van der Waals surface area (Å²) >= 11 is 6.36. The van der Waals surface area contributed by atoms with Crippen LogP contribution in [0.4, 0.5) is 23.1 Å². The lowest BCUT2D eigenvalue weighted by atomic mass is 9.87. The molecule has 168 valence electrons. The lowest BCUT2D eigenvalue weighted by Crippen LogP contribution is -2.26. The fraction of sp³-hybridized carbons (Fsp3) is 0.333. The van der Waals surface area contributed by atoms with Crippen molar-refractivity contribution in [2.75, 3.05) is 37.1 Å². The van der Waals surface area contributed by atoms with E-state index in [1.54, 1.807) is 19.5 Å². The first-order chi connectivity index (χ1) is 15.3. The molecule has 1 aliphatic rings. The molecule has 32 heavy (non-hydrogen) atoms. The Balaban J connectivity index is 1.55. The number of halogens is 1. The number of benzene rings is 2. The fourth-order valence-corrected chi connectivity index (χ4v) is 5.46. The maximum absolute atomic E-state index is 12.7. The molecular weight excluding hydrogens is 441 g/mol. The highest BCUT2D eigenvalue weighted by atomic mass is 35.5. The van der Waals surface area contributed by atoms with Gasteiger partial charge in [0.25, 0.3) is 0 Å². The zero-order valence-corrected chi connectivity index (χ0v) is 20.3. The molecule has 0 radical (unpaired) electrons. The van der Waals surface area contributed by atoms with Crippen molar-refractivity contribution in [3.05, 3.63) is 64.8 Å². The van der Waals surface area contributed by atoms with E-state index in [2.05, 4.69) is 51.0 Å². The number of nitrogens with one attached hydrogen (secondary N) is 3. The Morgan fingerprint density at radius 2 is 1.84 bits per heavy atom. The van der Waals surface area contributed by atoms with Gasteiger partial charge in [-0.15, -0.1) is 0 Å². The minimum Gasteiger partial charge on any atom is -0.338 e. The van der Waals surface area contributed by atoms with Gasteiger partial charge >= 0.3 is 0 Å². The molecule has 1 aliphatic heterocycles. The molecule has 2 aromatic carbocycles. The Labute approximate surface area is 194 Å². The van der Waals surface area contributed by atoms with E-state index in [-0.39, 0.29) is 0 Å². The fourth-order valence-electron chi connectivity index (χ4n) is 4.17. The van der Waals surface area contributed by atoms with Crippen LogP contribution in [0.2, 0.25) is 5.02 Å². The average Bonchev–Trinajstić information content (AvgIpc) is 2.76. The van der Waals surface area contributed by atoms with Gasteiger partial charge < -0.3 is 20.5 Å². The van der Waals surface area contributed by atoms with Gasteiger partial charge in [-0.25, -0.2) is 4.98 Å². The maximum atomic E-state index is 12.7. The second-order valence-corrected chi connectivity index (χ2v) is 12.2. The van der Waals surface area contributed by atoms with Gasteiger partial charge in [-0.2, -0.15) is 4.98 Å². The van der Waals surface area contributed by atoms with Crippen LogP contribution in [0.3, 0.4) is 0 Å². The number of anilines is 4. The first-order valence-corrected chi connectivity index (χ1v) is 13.8. The lowest BCUT2D eigenvalue weighted by molar-refractivity contribution is 0.459. The molecule has 0 unspecified atom stereocenters. The predicted octanol–water partition coefficient (Wildman–Crippen LogP) is 5.64. The molecule has 1 aromatic heterocycles. The number of aromatic nitrogens is 2.